The molecule has 2 rings (SSSR count). The largest absolute Gasteiger partial charge is 0.473 e. The van der Waals surface area contributed by atoms with E-state index in [0.29, 0.717) is 12.0 Å². The molecule has 112 valence electrons. The Balaban J connectivity index is 1.87. The molecule has 20 heavy (non-hydrogen) atoms. The maximum absolute atomic E-state index is 6.02. The van der Waals surface area contributed by atoms with Crippen LogP contribution < -0.4 is 10.1 Å². The molecular weight excluding hydrogens is 250 g/mol. The smallest absolute Gasteiger partial charge is 0.232 e. The average Bonchev–Trinajstić information content (AvgIpc) is 2.44. The summed E-state index contributed by atoms with van der Waals surface area (Å²) in [6, 6.07) is 0. The molecular formula is C16H27N3O. The van der Waals surface area contributed by atoms with Crippen molar-refractivity contribution >= 4 is 0 Å². The third-order valence-corrected chi connectivity index (χ3v) is 4.23. The molecule has 0 aliphatic heterocycles. The van der Waals surface area contributed by atoms with Gasteiger partial charge in [0.15, 0.2) is 0 Å². The van der Waals surface area contributed by atoms with Crippen LogP contribution in [-0.4, -0.2) is 22.6 Å². The average molecular weight is 277 g/mol. The van der Waals surface area contributed by atoms with Gasteiger partial charge in [0, 0.05) is 12.7 Å². The molecule has 3 atom stereocenters. The van der Waals surface area contributed by atoms with E-state index in [-0.39, 0.29) is 0 Å². The minimum absolute atomic E-state index is 0.300. The van der Waals surface area contributed by atoms with E-state index in [9.17, 15) is 0 Å². The number of hydrogen-bond acceptors (Lipinski definition) is 4. The standard InChI is InChI=1S/C16H27N3O/c1-4-7-17-9-14-10-18-11-16(19-14)20-15-6-5-12(2)13(3)8-15/h10-13,15,17H,4-9H2,1-3H3. The van der Waals surface area contributed by atoms with Gasteiger partial charge in [-0.3, -0.25) is 4.98 Å². The Morgan fingerprint density at radius 1 is 1.25 bits per heavy atom. The zero-order valence-electron chi connectivity index (χ0n) is 12.9. The van der Waals surface area contributed by atoms with Crippen LogP contribution in [0.15, 0.2) is 12.4 Å². The van der Waals surface area contributed by atoms with Crippen LogP contribution in [-0.2, 0) is 6.54 Å². The van der Waals surface area contributed by atoms with E-state index in [2.05, 4.69) is 36.1 Å². The second-order valence-electron chi connectivity index (χ2n) is 6.03. The third kappa shape index (κ3) is 4.44. The van der Waals surface area contributed by atoms with Gasteiger partial charge >= 0.3 is 0 Å². The topological polar surface area (TPSA) is 47.0 Å². The van der Waals surface area contributed by atoms with Crippen molar-refractivity contribution in [1.82, 2.24) is 15.3 Å². The molecule has 0 spiro atoms. The first-order chi connectivity index (χ1) is 9.69. The van der Waals surface area contributed by atoms with E-state index >= 15 is 0 Å². The number of ether oxygens (including phenoxy) is 1. The molecule has 0 radical (unpaired) electrons. The second kappa shape index (κ2) is 7.58. The fourth-order valence-electron chi connectivity index (χ4n) is 2.70. The highest BCUT2D eigenvalue weighted by atomic mass is 16.5. The highest BCUT2D eigenvalue weighted by Gasteiger charge is 2.26. The lowest BCUT2D eigenvalue weighted by atomic mass is 9.80. The van der Waals surface area contributed by atoms with Crippen molar-refractivity contribution in [2.24, 2.45) is 11.8 Å². The minimum Gasteiger partial charge on any atom is -0.473 e. The fraction of sp³-hybridized carbons (Fsp3) is 0.750. The molecule has 1 aromatic rings. The Bertz CT molecular complexity index is 410. The highest BCUT2D eigenvalue weighted by Crippen LogP contribution is 2.31. The second-order valence-corrected chi connectivity index (χ2v) is 6.03. The first-order valence-corrected chi connectivity index (χ1v) is 7.87. The molecule has 1 N–H and O–H groups in total. The minimum atomic E-state index is 0.300. The summed E-state index contributed by atoms with van der Waals surface area (Å²) in [5.74, 6) is 2.22. The van der Waals surface area contributed by atoms with Gasteiger partial charge in [-0.1, -0.05) is 20.8 Å². The first-order valence-electron chi connectivity index (χ1n) is 7.87. The van der Waals surface area contributed by atoms with Gasteiger partial charge in [-0.2, -0.15) is 0 Å². The van der Waals surface area contributed by atoms with Crippen molar-refractivity contribution < 1.29 is 4.74 Å². The molecule has 4 heteroatoms. The number of hydrogen-bond donors (Lipinski definition) is 1. The van der Waals surface area contributed by atoms with Crippen molar-refractivity contribution in [2.45, 2.75) is 59.1 Å². The van der Waals surface area contributed by atoms with Crippen molar-refractivity contribution in [3.63, 3.8) is 0 Å². The van der Waals surface area contributed by atoms with Gasteiger partial charge in [-0.05, 0) is 44.1 Å². The number of nitrogens with zero attached hydrogens (tertiary/aromatic N) is 2. The molecule has 1 saturated carbocycles. The Hall–Kier alpha value is -1.16. The lowest BCUT2D eigenvalue weighted by Crippen LogP contribution is -2.29. The van der Waals surface area contributed by atoms with E-state index < -0.39 is 0 Å². The summed E-state index contributed by atoms with van der Waals surface area (Å²) >= 11 is 0. The van der Waals surface area contributed by atoms with E-state index in [1.807, 2.05) is 0 Å². The van der Waals surface area contributed by atoms with Crippen molar-refractivity contribution in [2.75, 3.05) is 6.54 Å². The van der Waals surface area contributed by atoms with Crippen LogP contribution >= 0.6 is 0 Å². The lowest BCUT2D eigenvalue weighted by Gasteiger charge is -2.31. The molecule has 1 fully saturated rings. The summed E-state index contributed by atoms with van der Waals surface area (Å²) in [6.07, 6.45) is 8.47. The summed E-state index contributed by atoms with van der Waals surface area (Å²) in [6.45, 7) is 8.57. The van der Waals surface area contributed by atoms with E-state index in [4.69, 9.17) is 4.74 Å². The summed E-state index contributed by atoms with van der Waals surface area (Å²) in [5.41, 5.74) is 0.952. The van der Waals surface area contributed by atoms with E-state index in [0.717, 1.165) is 49.9 Å². The SMILES string of the molecule is CCCNCc1cncc(OC2CCC(C)C(C)C2)n1. The highest BCUT2D eigenvalue weighted by molar-refractivity contribution is 5.09. The summed E-state index contributed by atoms with van der Waals surface area (Å²) in [7, 11) is 0. The predicted octanol–water partition coefficient (Wildman–Crippen LogP) is 3.18. The van der Waals surface area contributed by atoms with Crippen LogP contribution in [0.4, 0.5) is 0 Å². The molecule has 0 aromatic carbocycles. The first kappa shape index (κ1) is 15.2. The van der Waals surface area contributed by atoms with Crippen LogP contribution in [0.5, 0.6) is 5.88 Å². The number of rotatable bonds is 6. The summed E-state index contributed by atoms with van der Waals surface area (Å²) in [5, 5.41) is 3.34. The molecule has 4 nitrogen and oxygen atoms in total. The van der Waals surface area contributed by atoms with E-state index in [1.165, 1.54) is 6.42 Å². The van der Waals surface area contributed by atoms with E-state index in [1.54, 1.807) is 12.4 Å². The fourth-order valence-corrected chi connectivity index (χ4v) is 2.70. The molecule has 1 aliphatic rings. The number of aromatic nitrogens is 2. The van der Waals surface area contributed by atoms with Crippen LogP contribution in [0.1, 0.15) is 52.1 Å². The monoisotopic (exact) mass is 277 g/mol. The normalized spacial score (nSPS) is 26.4. The summed E-state index contributed by atoms with van der Waals surface area (Å²) < 4.78 is 6.02. The van der Waals surface area contributed by atoms with Gasteiger partial charge in [0.25, 0.3) is 0 Å². The zero-order chi connectivity index (χ0) is 14.4. The van der Waals surface area contributed by atoms with Crippen molar-refractivity contribution in [1.29, 1.82) is 0 Å². The van der Waals surface area contributed by atoms with Crippen LogP contribution in [0.25, 0.3) is 0 Å². The van der Waals surface area contributed by atoms with Gasteiger partial charge in [-0.25, -0.2) is 4.98 Å². The molecule has 1 aromatic heterocycles. The van der Waals surface area contributed by atoms with Gasteiger partial charge in [0.2, 0.25) is 5.88 Å². The van der Waals surface area contributed by atoms with Gasteiger partial charge in [-0.15, -0.1) is 0 Å². The summed E-state index contributed by atoms with van der Waals surface area (Å²) in [4.78, 5) is 8.77. The van der Waals surface area contributed by atoms with Crippen LogP contribution in [0.2, 0.25) is 0 Å². The molecule has 1 aliphatic carbocycles. The number of nitrogens with one attached hydrogen (secondary N) is 1. The van der Waals surface area contributed by atoms with Gasteiger partial charge < -0.3 is 10.1 Å². The molecule has 1 heterocycles. The Kier molecular flexibility index (Phi) is 5.77. The van der Waals surface area contributed by atoms with Crippen LogP contribution in [0.3, 0.4) is 0 Å². The maximum atomic E-state index is 6.02. The lowest BCUT2D eigenvalue weighted by molar-refractivity contribution is 0.0958. The Morgan fingerprint density at radius 3 is 2.85 bits per heavy atom. The maximum Gasteiger partial charge on any atom is 0.232 e. The van der Waals surface area contributed by atoms with Gasteiger partial charge in [0.1, 0.15) is 6.10 Å². The zero-order valence-corrected chi connectivity index (χ0v) is 12.9. The quantitative estimate of drug-likeness (QED) is 0.811. The third-order valence-electron chi connectivity index (χ3n) is 4.23. The van der Waals surface area contributed by atoms with Gasteiger partial charge in [0.05, 0.1) is 11.9 Å². The van der Waals surface area contributed by atoms with Crippen molar-refractivity contribution in [3.05, 3.63) is 18.1 Å². The molecule has 3 unspecified atom stereocenters. The molecule has 0 saturated heterocycles. The molecule has 0 bridgehead atoms. The Morgan fingerprint density at radius 2 is 2.10 bits per heavy atom. The Labute approximate surface area is 122 Å². The van der Waals surface area contributed by atoms with Crippen molar-refractivity contribution in [3.8, 4) is 5.88 Å². The molecule has 0 amide bonds. The van der Waals surface area contributed by atoms with Crippen LogP contribution in [0, 0.1) is 11.8 Å². The predicted molar refractivity (Wildman–Crippen MR) is 80.6 cm³/mol.